The molecule has 0 spiro atoms. The van der Waals surface area contributed by atoms with Crippen LogP contribution in [-0.2, 0) is 4.84 Å². The first-order valence-electron chi connectivity index (χ1n) is 11.5. The van der Waals surface area contributed by atoms with Crippen LogP contribution in [0.3, 0.4) is 0 Å². The minimum absolute atomic E-state index is 0.369. The number of unbranched alkanes of at least 4 members (excludes halogenated alkanes) is 3. The second-order valence-corrected chi connectivity index (χ2v) is 7.63. The van der Waals surface area contributed by atoms with E-state index in [4.69, 9.17) is 18.9 Å². The van der Waals surface area contributed by atoms with Crippen LogP contribution in [-0.4, -0.2) is 39.8 Å². The zero-order chi connectivity index (χ0) is 23.7. The number of allylic oxidation sites excluding steroid dienone is 1. The van der Waals surface area contributed by atoms with Gasteiger partial charge >= 0.3 is 0 Å². The van der Waals surface area contributed by atoms with Crippen LogP contribution >= 0.6 is 0 Å². The van der Waals surface area contributed by atoms with Crippen molar-refractivity contribution in [1.29, 1.82) is 0 Å². The summed E-state index contributed by atoms with van der Waals surface area (Å²) in [5.74, 6) is 3.47. The van der Waals surface area contributed by atoms with Gasteiger partial charge in [-0.1, -0.05) is 17.3 Å². The van der Waals surface area contributed by atoms with E-state index in [0.29, 0.717) is 19.8 Å². The molecule has 0 unspecified atom stereocenters. The number of hydrogen-bond donors (Lipinski definition) is 0. The van der Waals surface area contributed by atoms with Crippen molar-refractivity contribution in [3.8, 4) is 23.0 Å². The lowest BCUT2D eigenvalue weighted by Gasteiger charge is -2.14. The van der Waals surface area contributed by atoms with E-state index >= 15 is 0 Å². The lowest BCUT2D eigenvalue weighted by Crippen LogP contribution is -2.03. The van der Waals surface area contributed by atoms with Crippen molar-refractivity contribution in [2.75, 3.05) is 33.5 Å². The summed E-state index contributed by atoms with van der Waals surface area (Å²) in [5.41, 5.74) is 2.22. The molecule has 0 heterocycles. The Morgan fingerprint density at radius 2 is 1.30 bits per heavy atom. The van der Waals surface area contributed by atoms with Gasteiger partial charge in [0.15, 0.2) is 0 Å². The third kappa shape index (κ3) is 10.3. The quantitative estimate of drug-likeness (QED) is 0.129. The number of rotatable bonds is 16. The maximum absolute atomic E-state index is 6.05. The van der Waals surface area contributed by atoms with Crippen LogP contribution in [0.4, 0.5) is 0 Å². The average molecular weight is 456 g/mol. The Labute approximate surface area is 198 Å². The molecule has 33 heavy (non-hydrogen) atoms. The molecule has 0 saturated carbocycles. The largest absolute Gasteiger partial charge is 0.494 e. The Morgan fingerprint density at radius 3 is 1.91 bits per heavy atom. The standard InChI is InChI=1S/C27H37NO5/c1-5-6-16-31-26-20-22(2)27(23(3)21-26)33-18-10-8-7-9-17-30-24-11-13-25(14-12-24)32-19-15-28-29-4/h5-6,11-15,20-21H,7-10,16-19H2,1-4H3/b6-5+,28-15?. The molecule has 6 heteroatoms. The molecule has 2 rings (SSSR count). The molecule has 0 atom stereocenters. The summed E-state index contributed by atoms with van der Waals surface area (Å²) in [6.45, 7) is 8.50. The fourth-order valence-electron chi connectivity index (χ4n) is 3.25. The zero-order valence-electron chi connectivity index (χ0n) is 20.3. The van der Waals surface area contributed by atoms with E-state index in [1.807, 2.05) is 55.5 Å². The fraction of sp³-hybridized carbons (Fsp3) is 0.444. The summed E-state index contributed by atoms with van der Waals surface area (Å²) in [6, 6.07) is 11.7. The van der Waals surface area contributed by atoms with Crippen LogP contribution < -0.4 is 18.9 Å². The first-order valence-corrected chi connectivity index (χ1v) is 11.5. The molecule has 6 nitrogen and oxygen atoms in total. The number of benzene rings is 2. The summed E-state index contributed by atoms with van der Waals surface area (Å²) in [7, 11) is 1.50. The fourth-order valence-corrected chi connectivity index (χ4v) is 3.25. The van der Waals surface area contributed by atoms with Crippen LogP contribution in [0.15, 0.2) is 53.7 Å². The molecule has 0 aromatic heterocycles. The van der Waals surface area contributed by atoms with E-state index in [9.17, 15) is 0 Å². The highest BCUT2D eigenvalue weighted by Gasteiger charge is 2.07. The number of aryl methyl sites for hydroxylation is 2. The lowest BCUT2D eigenvalue weighted by molar-refractivity contribution is 0.212. The van der Waals surface area contributed by atoms with Gasteiger partial charge in [0.25, 0.3) is 0 Å². The molecule has 0 N–H and O–H groups in total. The number of nitrogens with zero attached hydrogens (tertiary/aromatic N) is 1. The van der Waals surface area contributed by atoms with Gasteiger partial charge in [0.1, 0.15) is 43.3 Å². The Morgan fingerprint density at radius 1 is 0.727 bits per heavy atom. The van der Waals surface area contributed by atoms with Gasteiger partial charge < -0.3 is 23.8 Å². The van der Waals surface area contributed by atoms with Crippen molar-refractivity contribution in [3.05, 3.63) is 59.7 Å². The van der Waals surface area contributed by atoms with Crippen molar-refractivity contribution in [2.24, 2.45) is 5.16 Å². The Kier molecular flexibility index (Phi) is 12.4. The predicted octanol–water partition coefficient (Wildman–Crippen LogP) is 6.29. The molecular weight excluding hydrogens is 418 g/mol. The second-order valence-electron chi connectivity index (χ2n) is 7.63. The Balaban J connectivity index is 1.57. The van der Waals surface area contributed by atoms with Gasteiger partial charge in [-0.3, -0.25) is 0 Å². The number of ether oxygens (including phenoxy) is 4. The van der Waals surface area contributed by atoms with Crippen LogP contribution in [0.5, 0.6) is 23.0 Å². The molecule has 0 aliphatic carbocycles. The zero-order valence-corrected chi connectivity index (χ0v) is 20.3. The molecule has 0 aliphatic rings. The monoisotopic (exact) mass is 455 g/mol. The maximum atomic E-state index is 6.05. The van der Waals surface area contributed by atoms with Gasteiger partial charge in [0, 0.05) is 0 Å². The lowest BCUT2D eigenvalue weighted by atomic mass is 10.1. The predicted molar refractivity (Wildman–Crippen MR) is 133 cm³/mol. The van der Waals surface area contributed by atoms with Crippen molar-refractivity contribution in [2.45, 2.75) is 46.5 Å². The summed E-state index contributed by atoms with van der Waals surface area (Å²) >= 11 is 0. The highest BCUT2D eigenvalue weighted by molar-refractivity contribution is 5.58. The molecule has 2 aromatic carbocycles. The van der Waals surface area contributed by atoms with Crippen LogP contribution in [0.25, 0.3) is 0 Å². The molecule has 0 amide bonds. The summed E-state index contributed by atoms with van der Waals surface area (Å²) in [4.78, 5) is 4.59. The molecule has 2 aromatic rings. The van der Waals surface area contributed by atoms with Gasteiger partial charge in [0.2, 0.25) is 0 Å². The third-order valence-electron chi connectivity index (χ3n) is 4.90. The van der Waals surface area contributed by atoms with Gasteiger partial charge in [-0.15, -0.1) is 0 Å². The highest BCUT2D eigenvalue weighted by Crippen LogP contribution is 2.28. The summed E-state index contributed by atoms with van der Waals surface area (Å²) < 4.78 is 23.1. The van der Waals surface area contributed by atoms with Crippen LogP contribution in [0.1, 0.15) is 43.7 Å². The molecule has 0 saturated heterocycles. The molecule has 0 radical (unpaired) electrons. The van der Waals surface area contributed by atoms with Crippen molar-refractivity contribution >= 4 is 6.21 Å². The number of hydrogen-bond acceptors (Lipinski definition) is 6. The van der Waals surface area contributed by atoms with Gasteiger partial charge in [-0.25, -0.2) is 0 Å². The summed E-state index contributed by atoms with van der Waals surface area (Å²) in [6.07, 6.45) is 9.81. The van der Waals surface area contributed by atoms with Crippen LogP contribution in [0.2, 0.25) is 0 Å². The smallest absolute Gasteiger partial charge is 0.127 e. The Hall–Kier alpha value is -3.15. The first-order chi connectivity index (χ1) is 16.1. The van der Waals surface area contributed by atoms with E-state index in [0.717, 1.165) is 66.4 Å². The molecule has 0 aliphatic heterocycles. The number of oxime groups is 1. The minimum Gasteiger partial charge on any atom is -0.494 e. The third-order valence-corrected chi connectivity index (χ3v) is 4.90. The SMILES string of the molecule is C/C=C/COc1cc(C)c(OCCCCCCOc2ccc(OCC=NOC)cc2)c(C)c1. The van der Waals surface area contributed by atoms with E-state index < -0.39 is 0 Å². The van der Waals surface area contributed by atoms with E-state index in [2.05, 4.69) is 23.8 Å². The van der Waals surface area contributed by atoms with E-state index in [-0.39, 0.29) is 0 Å². The van der Waals surface area contributed by atoms with E-state index in [1.54, 1.807) is 6.21 Å². The molecule has 180 valence electrons. The van der Waals surface area contributed by atoms with E-state index in [1.165, 1.54) is 7.11 Å². The van der Waals surface area contributed by atoms with Crippen molar-refractivity contribution in [1.82, 2.24) is 0 Å². The van der Waals surface area contributed by atoms with Gasteiger partial charge in [-0.2, -0.15) is 0 Å². The van der Waals surface area contributed by atoms with Crippen LogP contribution in [0, 0.1) is 13.8 Å². The first kappa shape index (κ1) is 26.1. The van der Waals surface area contributed by atoms with Gasteiger partial charge in [-0.05, 0) is 94.0 Å². The second kappa shape index (κ2) is 15.6. The average Bonchev–Trinajstić information content (AvgIpc) is 2.81. The van der Waals surface area contributed by atoms with Gasteiger partial charge in [0.05, 0.1) is 19.4 Å². The maximum Gasteiger partial charge on any atom is 0.127 e. The topological polar surface area (TPSA) is 58.5 Å². The minimum atomic E-state index is 0.369. The van der Waals surface area contributed by atoms with Crippen molar-refractivity contribution < 1.29 is 23.8 Å². The summed E-state index contributed by atoms with van der Waals surface area (Å²) in [5, 5.41) is 3.63. The molecule has 0 bridgehead atoms. The Bertz CT molecular complexity index is 838. The normalized spacial score (nSPS) is 11.2. The molecule has 0 fully saturated rings. The molecular formula is C27H37NO5. The highest BCUT2D eigenvalue weighted by atomic mass is 16.6. The van der Waals surface area contributed by atoms with Crippen molar-refractivity contribution in [3.63, 3.8) is 0 Å².